The Bertz CT molecular complexity index is 1930. The summed E-state index contributed by atoms with van der Waals surface area (Å²) in [6, 6.07) is 0. The highest BCUT2D eigenvalue weighted by molar-refractivity contribution is 9.62. The molecule has 0 aromatic heterocycles. The van der Waals surface area contributed by atoms with E-state index in [-0.39, 0.29) is 0 Å². The summed E-state index contributed by atoms with van der Waals surface area (Å²) >= 11 is 0. The SMILES string of the molecule is [PH]P([PH])P(P)P(P(P)P)P(P(P(P)P)P(P)P)P(P(P(P(P(P)P)P(P)P)P(P(P)P)P(P)P)P(P(P(P)P)P(P)P)P(P(P)P)P(P)P)P(P(P(P(P(P)P)P(P)P)P(P(P)P)P(P)P)P(P(P(P)P)P(P)P)P(P(P)P)P(P)P)P(P(P(P(P)P)P(P)P)P(P(P)P)P(P)P)P(P(P(P)P)P(P)P)P(P(P)P)P(P)P. The summed E-state index contributed by atoms with van der Waals surface area (Å²) < 4.78 is 0. The lowest BCUT2D eigenvalue weighted by molar-refractivity contribution is 4.28. The lowest BCUT2D eigenvalue weighted by atomic mass is 28.3. The van der Waals surface area contributed by atoms with E-state index < -0.39 is 384 Å². The van der Waals surface area contributed by atoms with Crippen molar-refractivity contribution in [1.29, 1.82) is 0 Å². The Kier molecular flexibility index (Phi) is 125. The summed E-state index contributed by atoms with van der Waals surface area (Å²) in [6.07, 6.45) is 0. The summed E-state index contributed by atoms with van der Waals surface area (Å²) in [5.41, 5.74) is 0. The molecule has 59 unspecified atom stereocenters. The van der Waals surface area contributed by atoms with Crippen molar-refractivity contribution in [3.8, 4) is 0 Å². The maximum absolute atomic E-state index is 4.88. The van der Waals surface area contributed by atoms with Crippen LogP contribution in [0.25, 0.3) is 0 Å². The molecule has 0 saturated carbocycles. The van der Waals surface area contributed by atoms with Crippen molar-refractivity contribution < 1.29 is 0 Å². The van der Waals surface area contributed by atoms with Gasteiger partial charge in [0.1, 0.15) is 0 Å². The van der Waals surface area contributed by atoms with Crippen LogP contribution in [0, 0.1) is 0 Å². The highest BCUT2D eigenvalue weighted by atomic mass is 33.7. The van der Waals surface area contributed by atoms with Crippen molar-refractivity contribution in [3.63, 3.8) is 0 Å². The van der Waals surface area contributed by atoms with Crippen LogP contribution in [0.3, 0.4) is 0 Å². The van der Waals surface area contributed by atoms with Crippen molar-refractivity contribution >= 4 is 893 Å². The average Bonchev–Trinajstić information content (AvgIpc) is 0.704. The van der Waals surface area contributed by atoms with E-state index in [0.717, 1.165) is 0 Å². The first kappa shape index (κ1) is 160. The number of rotatable bonds is 54. The third kappa shape index (κ3) is 56.0. The lowest BCUT2D eigenvalue weighted by Crippen LogP contribution is -1.78. The van der Waals surface area contributed by atoms with Gasteiger partial charge < -0.3 is 0 Å². The Morgan fingerprint density at radius 3 is 0.188 bits per heavy atom. The molecule has 0 fully saturated rings. The summed E-state index contributed by atoms with van der Waals surface area (Å²) in [5, 5.41) is 0. The first-order valence-corrected chi connectivity index (χ1v) is 229. The molecule has 0 nitrogen and oxygen atoms in total. The van der Waals surface area contributed by atoms with Crippen LogP contribution in [0.2, 0.25) is 0 Å². The predicted molar refractivity (Wildman–Crippen MR) is 931 cm³/mol. The molecule has 0 spiro atoms. The van der Waals surface area contributed by atoms with E-state index in [2.05, 4.69) is 491 Å². The largest absolute Gasteiger partial charge is 0.102 e. The zero-order chi connectivity index (χ0) is 88.8. The van der Waals surface area contributed by atoms with Crippen LogP contribution < -0.4 is 0 Å². The Morgan fingerprint density at radius 1 is 0.0804 bits per heavy atom. The summed E-state index contributed by atoms with van der Waals surface area (Å²) in [7, 11) is 222. The molecule has 672 valence electrons. The standard InChI is InChI=1S/H112P112/c1-58(2)86(57)100(85(55)56)107(99(83(51)52)84(53)54)111(108(101(87(59(3)4)60(5)6)88(61(7)8)62(9)10)102(89(63(11)12)64(13)14)90(65(15)16)66(17)18)112(109(103(91(67(19)20)68(21)22)92(69(23)24)70(25)26)104(93(71(27)28)72(29)30)94(73(31)32)74(33)34)110(105(95(75(35)36)76(37)38)96(77(39)40)78(41)42)106(97(79(43)44)80(45)46)98(81(47)48)82(49)50/h1-2H,3-57H2. The highest BCUT2D eigenvalue weighted by Gasteiger charge is 2.69. The molecule has 0 aliphatic heterocycles. The van der Waals surface area contributed by atoms with Crippen LogP contribution in [-0.4, -0.2) is 0 Å². The van der Waals surface area contributed by atoms with Gasteiger partial charge in [-0.2, -0.15) is 0 Å². The second kappa shape index (κ2) is 87.6. The molecule has 0 rings (SSSR count). The van der Waals surface area contributed by atoms with Crippen LogP contribution >= 0.6 is 893 Å². The van der Waals surface area contributed by atoms with Crippen molar-refractivity contribution in [2.75, 3.05) is 0 Å². The Morgan fingerprint density at radius 2 is 0.134 bits per heavy atom. The van der Waals surface area contributed by atoms with E-state index in [1.165, 1.54) is 0 Å². The van der Waals surface area contributed by atoms with E-state index in [1.54, 1.807) is 0 Å². The summed E-state index contributed by atoms with van der Waals surface area (Å²) in [5.74, 6) is 0. The van der Waals surface area contributed by atoms with E-state index in [1.807, 2.05) is 0 Å². The van der Waals surface area contributed by atoms with Crippen molar-refractivity contribution in [2.24, 2.45) is 0 Å². The molecular formula is H112P112. The van der Waals surface area contributed by atoms with Crippen molar-refractivity contribution in [1.82, 2.24) is 0 Å². The quantitative estimate of drug-likeness (QED) is 0.0533. The monoisotopic (exact) mass is 3580 g/mol. The zero-order valence-corrected chi connectivity index (χ0v) is 172. The minimum Gasteiger partial charge on any atom is -0.102 e. The van der Waals surface area contributed by atoms with Crippen molar-refractivity contribution in [3.05, 3.63) is 0 Å². The molecule has 59 atom stereocenters. The van der Waals surface area contributed by atoms with Gasteiger partial charge in [-0.25, -0.2) is 0 Å². The van der Waals surface area contributed by atoms with Crippen LogP contribution in [0.1, 0.15) is 0 Å². The molecule has 0 aromatic carbocycles. The minimum atomic E-state index is -0.771. The summed E-state index contributed by atoms with van der Waals surface area (Å²) in [4.78, 5) is 0. The molecule has 0 saturated heterocycles. The molecule has 112 heteroatoms. The van der Waals surface area contributed by atoms with Gasteiger partial charge in [-0.15, -0.1) is 491 Å². The number of hydrogen-bond acceptors (Lipinski definition) is 0. The van der Waals surface area contributed by atoms with Crippen molar-refractivity contribution in [2.45, 2.75) is 0 Å². The fourth-order valence-electron chi connectivity index (χ4n) is 6.89. The van der Waals surface area contributed by atoms with Gasteiger partial charge in [-0.05, 0) is 384 Å². The fraction of sp³-hybridized carbons (Fsp3) is 0. The molecule has 0 aliphatic carbocycles. The molecule has 0 bridgehead atoms. The summed E-state index contributed by atoms with van der Waals surface area (Å²) in [6.45, 7) is -29.3. The van der Waals surface area contributed by atoms with Crippen LogP contribution in [0.4, 0.5) is 0 Å². The van der Waals surface area contributed by atoms with Gasteiger partial charge >= 0.3 is 0 Å². The third-order valence-corrected chi connectivity index (χ3v) is 807. The van der Waals surface area contributed by atoms with Crippen LogP contribution in [0.15, 0.2) is 0 Å². The average molecular weight is 3580 g/mol. The normalized spacial score (nSPS) is 15.8. The van der Waals surface area contributed by atoms with Gasteiger partial charge in [0.15, 0.2) is 0 Å². The van der Waals surface area contributed by atoms with Crippen LogP contribution in [-0.2, 0) is 0 Å². The smallest absolute Gasteiger partial charge is 0.000000195 e. The van der Waals surface area contributed by atoms with Gasteiger partial charge in [-0.3, -0.25) is 0 Å². The Balaban J connectivity index is 15.8. The zero-order valence-electron chi connectivity index (χ0n) is 57.4. The predicted octanol–water partition coefficient (Wildman–Crippen LogP) is 66.5. The minimum absolute atomic E-state index is 0.475. The van der Waals surface area contributed by atoms with Gasteiger partial charge in [-0.1, -0.05) is 17.9 Å². The molecule has 0 aromatic rings. The topological polar surface area (TPSA) is 0 Å². The van der Waals surface area contributed by atoms with E-state index in [4.69, 9.17) is 17.9 Å². The maximum atomic E-state index is 4.88. The molecule has 0 amide bonds. The molecule has 0 aliphatic rings. The fourth-order valence-corrected chi connectivity index (χ4v) is 1670. The Hall–Kier alpha value is 48.2. The molecule has 0 heterocycles. The molecule has 112 heavy (non-hydrogen) atoms. The first-order valence-electron chi connectivity index (χ1n) is 25.4. The van der Waals surface area contributed by atoms with Gasteiger partial charge in [0.05, 0.1) is 0 Å². The molecule has 0 N–H and O–H groups in total. The lowest BCUT2D eigenvalue weighted by Gasteiger charge is -2.65. The maximum Gasteiger partial charge on any atom is -0.000000195 e. The van der Waals surface area contributed by atoms with Gasteiger partial charge in [0.2, 0.25) is 0 Å². The van der Waals surface area contributed by atoms with Gasteiger partial charge in [0.25, 0.3) is 0 Å². The molecular weight excluding hydrogens is 3470 g/mol. The molecule has 2 radical (unpaired) electrons. The first-order chi connectivity index (χ1) is 50.9. The third-order valence-electron chi connectivity index (χ3n) is 9.97. The highest BCUT2D eigenvalue weighted by Crippen LogP contribution is 3.56. The second-order valence-corrected chi connectivity index (χ2v) is 482. The van der Waals surface area contributed by atoms with E-state index >= 15 is 0 Å². The number of hydrogen-bond donors (Lipinski definition) is 0. The van der Waals surface area contributed by atoms with E-state index in [0.29, 0.717) is 0 Å². The van der Waals surface area contributed by atoms with E-state index in [9.17, 15) is 0 Å². The second-order valence-electron chi connectivity index (χ2n) is 17.9. The van der Waals surface area contributed by atoms with Gasteiger partial charge in [0, 0.05) is 0 Å². The Labute approximate surface area is 878 Å². The van der Waals surface area contributed by atoms with Crippen LogP contribution in [0.5, 0.6) is 0 Å².